The van der Waals surface area contributed by atoms with E-state index in [0.29, 0.717) is 12.1 Å². The largest absolute Gasteiger partial charge is 0.369 e. The van der Waals surface area contributed by atoms with Gasteiger partial charge in [-0.3, -0.25) is 0 Å². The Labute approximate surface area is 106 Å². The molecule has 0 bridgehead atoms. The molecule has 0 radical (unpaired) electrons. The van der Waals surface area contributed by atoms with Crippen molar-refractivity contribution >= 4 is 15.5 Å². The number of nitriles is 1. The van der Waals surface area contributed by atoms with E-state index in [1.165, 1.54) is 12.1 Å². The Morgan fingerprint density at radius 3 is 2.78 bits per heavy atom. The highest BCUT2D eigenvalue weighted by Gasteiger charge is 2.31. The highest BCUT2D eigenvalue weighted by atomic mass is 32.2. The number of halogens is 1. The summed E-state index contributed by atoms with van der Waals surface area (Å²) in [5.41, 5.74) is 0.406. The molecular formula is C12H13FN2O2S. The fraction of sp³-hybridized carbons (Fsp3) is 0.417. The van der Waals surface area contributed by atoms with E-state index in [9.17, 15) is 12.8 Å². The summed E-state index contributed by atoms with van der Waals surface area (Å²) >= 11 is 0. The SMILES string of the molecule is CN(c1cccc(F)c1C#N)C1CCS(=O)(=O)C1. The quantitative estimate of drug-likeness (QED) is 0.811. The molecule has 0 spiro atoms. The first kappa shape index (κ1) is 12.8. The Hall–Kier alpha value is -1.61. The maximum atomic E-state index is 13.5. The minimum atomic E-state index is -3.00. The zero-order valence-corrected chi connectivity index (χ0v) is 10.7. The van der Waals surface area contributed by atoms with Crippen molar-refractivity contribution in [3.63, 3.8) is 0 Å². The fourth-order valence-corrected chi connectivity index (χ4v) is 3.97. The Morgan fingerprint density at radius 1 is 1.50 bits per heavy atom. The van der Waals surface area contributed by atoms with Crippen LogP contribution in [0, 0.1) is 17.1 Å². The molecule has 6 heteroatoms. The summed E-state index contributed by atoms with van der Waals surface area (Å²) in [5.74, 6) is -0.368. The zero-order chi connectivity index (χ0) is 13.3. The number of nitrogens with zero attached hydrogens (tertiary/aromatic N) is 2. The van der Waals surface area contributed by atoms with Crippen molar-refractivity contribution in [2.45, 2.75) is 12.5 Å². The molecule has 1 aromatic rings. The average Bonchev–Trinajstić information content (AvgIpc) is 2.68. The van der Waals surface area contributed by atoms with Gasteiger partial charge in [-0.25, -0.2) is 12.8 Å². The monoisotopic (exact) mass is 268 g/mol. The molecule has 0 aromatic heterocycles. The van der Waals surface area contributed by atoms with Gasteiger partial charge in [0.15, 0.2) is 9.84 Å². The Kier molecular flexibility index (Phi) is 3.26. The van der Waals surface area contributed by atoms with E-state index in [-0.39, 0.29) is 23.1 Å². The number of hydrogen-bond acceptors (Lipinski definition) is 4. The van der Waals surface area contributed by atoms with Gasteiger partial charge in [-0.15, -0.1) is 0 Å². The first-order chi connectivity index (χ1) is 8.44. The molecule has 1 heterocycles. The van der Waals surface area contributed by atoms with Gasteiger partial charge >= 0.3 is 0 Å². The highest BCUT2D eigenvalue weighted by molar-refractivity contribution is 7.91. The van der Waals surface area contributed by atoms with E-state index in [1.54, 1.807) is 18.0 Å². The van der Waals surface area contributed by atoms with Gasteiger partial charge in [-0.1, -0.05) is 6.07 Å². The van der Waals surface area contributed by atoms with Crippen LogP contribution in [-0.4, -0.2) is 33.0 Å². The maximum Gasteiger partial charge on any atom is 0.152 e. The highest BCUT2D eigenvalue weighted by Crippen LogP contribution is 2.27. The zero-order valence-electron chi connectivity index (χ0n) is 9.93. The van der Waals surface area contributed by atoms with Crippen molar-refractivity contribution in [3.05, 3.63) is 29.6 Å². The van der Waals surface area contributed by atoms with E-state index in [1.807, 2.05) is 6.07 Å². The molecule has 1 aromatic carbocycles. The van der Waals surface area contributed by atoms with Crippen LogP contribution in [0.1, 0.15) is 12.0 Å². The topological polar surface area (TPSA) is 61.2 Å². The maximum absolute atomic E-state index is 13.5. The molecule has 1 saturated heterocycles. The van der Waals surface area contributed by atoms with Gasteiger partial charge in [0.05, 0.1) is 17.2 Å². The Balaban J connectivity index is 2.33. The smallest absolute Gasteiger partial charge is 0.152 e. The second kappa shape index (κ2) is 4.58. The number of rotatable bonds is 2. The lowest BCUT2D eigenvalue weighted by atomic mass is 10.1. The summed E-state index contributed by atoms with van der Waals surface area (Å²) in [6, 6.07) is 6.01. The molecule has 0 saturated carbocycles. The van der Waals surface area contributed by atoms with Crippen LogP contribution in [0.5, 0.6) is 0 Å². The fourth-order valence-electron chi connectivity index (χ4n) is 2.19. The van der Waals surface area contributed by atoms with Crippen LogP contribution in [0.25, 0.3) is 0 Å². The third-order valence-corrected chi connectivity index (χ3v) is 4.99. The second-order valence-electron chi connectivity index (χ2n) is 4.41. The summed E-state index contributed by atoms with van der Waals surface area (Å²) in [4.78, 5) is 1.69. The summed E-state index contributed by atoms with van der Waals surface area (Å²) in [5, 5.41) is 8.96. The number of sulfone groups is 1. The van der Waals surface area contributed by atoms with Gasteiger partial charge in [-0.2, -0.15) is 5.26 Å². The van der Waals surface area contributed by atoms with Crippen molar-refractivity contribution in [1.82, 2.24) is 0 Å². The van der Waals surface area contributed by atoms with Crippen LogP contribution in [-0.2, 0) is 9.84 Å². The number of benzene rings is 1. The molecule has 1 aliphatic rings. The van der Waals surface area contributed by atoms with Crippen LogP contribution < -0.4 is 4.90 Å². The Bertz CT molecular complexity index is 607. The minimum absolute atomic E-state index is 0.0377. The molecule has 96 valence electrons. The van der Waals surface area contributed by atoms with Crippen molar-refractivity contribution in [1.29, 1.82) is 5.26 Å². The minimum Gasteiger partial charge on any atom is -0.369 e. The van der Waals surface area contributed by atoms with E-state index < -0.39 is 15.7 Å². The molecule has 1 aliphatic heterocycles. The lowest BCUT2D eigenvalue weighted by molar-refractivity contribution is 0.600. The molecule has 1 unspecified atom stereocenters. The third-order valence-electron chi connectivity index (χ3n) is 3.24. The van der Waals surface area contributed by atoms with Crippen molar-refractivity contribution in [3.8, 4) is 6.07 Å². The second-order valence-corrected chi connectivity index (χ2v) is 6.64. The lowest BCUT2D eigenvalue weighted by Gasteiger charge is -2.26. The number of anilines is 1. The average molecular weight is 268 g/mol. The lowest BCUT2D eigenvalue weighted by Crippen LogP contribution is -2.33. The number of hydrogen-bond donors (Lipinski definition) is 0. The molecule has 4 nitrogen and oxygen atoms in total. The van der Waals surface area contributed by atoms with Crippen LogP contribution in [0.4, 0.5) is 10.1 Å². The molecular weight excluding hydrogens is 255 g/mol. The summed E-state index contributed by atoms with van der Waals surface area (Å²) < 4.78 is 36.3. The summed E-state index contributed by atoms with van der Waals surface area (Å²) in [7, 11) is -1.30. The molecule has 0 N–H and O–H groups in total. The van der Waals surface area contributed by atoms with E-state index in [2.05, 4.69) is 0 Å². The van der Waals surface area contributed by atoms with Crippen molar-refractivity contribution < 1.29 is 12.8 Å². The molecule has 2 rings (SSSR count). The van der Waals surface area contributed by atoms with Gasteiger partial charge in [0.25, 0.3) is 0 Å². The summed E-state index contributed by atoms with van der Waals surface area (Å²) in [6.45, 7) is 0. The van der Waals surface area contributed by atoms with Crippen LogP contribution in [0.15, 0.2) is 18.2 Å². The van der Waals surface area contributed by atoms with Crippen LogP contribution in [0.2, 0.25) is 0 Å². The first-order valence-corrected chi connectivity index (χ1v) is 7.38. The molecule has 1 atom stereocenters. The van der Waals surface area contributed by atoms with Crippen molar-refractivity contribution in [2.75, 3.05) is 23.5 Å². The van der Waals surface area contributed by atoms with Crippen LogP contribution >= 0.6 is 0 Å². The predicted octanol–water partition coefficient (Wildman–Crippen LogP) is 1.32. The van der Waals surface area contributed by atoms with Crippen molar-refractivity contribution in [2.24, 2.45) is 0 Å². The Morgan fingerprint density at radius 2 is 2.22 bits per heavy atom. The van der Waals surface area contributed by atoms with E-state index in [4.69, 9.17) is 5.26 Å². The molecule has 0 aliphatic carbocycles. The standard InChI is InChI=1S/C12H13FN2O2S/c1-15(9-5-6-18(16,17)8-9)12-4-2-3-11(13)10(12)7-14/h2-4,9H,5-6,8H2,1H3. The van der Waals surface area contributed by atoms with Gasteiger partial charge < -0.3 is 4.90 Å². The summed E-state index contributed by atoms with van der Waals surface area (Å²) in [6.07, 6.45) is 0.514. The molecule has 1 fully saturated rings. The first-order valence-electron chi connectivity index (χ1n) is 5.56. The molecule has 0 amide bonds. The van der Waals surface area contributed by atoms with Gasteiger partial charge in [-0.05, 0) is 18.6 Å². The normalized spacial score (nSPS) is 21.5. The van der Waals surface area contributed by atoms with Gasteiger partial charge in [0, 0.05) is 13.1 Å². The van der Waals surface area contributed by atoms with Gasteiger partial charge in [0.2, 0.25) is 0 Å². The van der Waals surface area contributed by atoms with Crippen LogP contribution in [0.3, 0.4) is 0 Å². The third kappa shape index (κ3) is 2.31. The molecule has 18 heavy (non-hydrogen) atoms. The predicted molar refractivity (Wildman–Crippen MR) is 66.6 cm³/mol. The van der Waals surface area contributed by atoms with E-state index >= 15 is 0 Å². The van der Waals surface area contributed by atoms with Gasteiger partial charge in [0.1, 0.15) is 17.4 Å². The van der Waals surface area contributed by atoms with E-state index in [0.717, 1.165) is 0 Å².